The molecule has 0 amide bonds. The van der Waals surface area contributed by atoms with Gasteiger partial charge in [0.15, 0.2) is 0 Å². The lowest BCUT2D eigenvalue weighted by Crippen LogP contribution is -1.93. The van der Waals surface area contributed by atoms with Crippen LogP contribution in [0.2, 0.25) is 20.1 Å². The van der Waals surface area contributed by atoms with E-state index < -0.39 is 0 Å². The van der Waals surface area contributed by atoms with Crippen molar-refractivity contribution < 1.29 is 0 Å². The van der Waals surface area contributed by atoms with Crippen LogP contribution >= 0.6 is 46.4 Å². The van der Waals surface area contributed by atoms with Crippen LogP contribution in [0, 0.1) is 0 Å². The minimum atomic E-state index is 0.306. The minimum Gasteiger partial charge on any atom is -0.398 e. The van der Waals surface area contributed by atoms with E-state index in [9.17, 15) is 0 Å². The van der Waals surface area contributed by atoms with Crippen LogP contribution in [0.25, 0.3) is 11.1 Å². The highest BCUT2D eigenvalue weighted by Crippen LogP contribution is 2.44. The molecule has 0 fully saturated rings. The maximum atomic E-state index is 6.12. The van der Waals surface area contributed by atoms with E-state index in [1.54, 1.807) is 18.5 Å². The SMILES string of the molecule is Nc1ccncc1-c1c(Cl)c(Cl)cc(Cl)c1Cl. The molecular formula is C11H6Cl4N2. The van der Waals surface area contributed by atoms with Crippen molar-refractivity contribution in [2.75, 3.05) is 5.73 Å². The van der Waals surface area contributed by atoms with Gasteiger partial charge >= 0.3 is 0 Å². The molecule has 0 radical (unpaired) electrons. The van der Waals surface area contributed by atoms with Crippen LogP contribution in [-0.2, 0) is 0 Å². The lowest BCUT2D eigenvalue weighted by atomic mass is 10.1. The van der Waals surface area contributed by atoms with Crippen molar-refractivity contribution >= 4 is 52.1 Å². The molecule has 0 atom stereocenters. The molecule has 17 heavy (non-hydrogen) atoms. The number of halogens is 4. The van der Waals surface area contributed by atoms with Gasteiger partial charge in [-0.25, -0.2) is 0 Å². The molecule has 2 aromatic rings. The van der Waals surface area contributed by atoms with E-state index in [4.69, 9.17) is 52.1 Å². The van der Waals surface area contributed by atoms with Crippen LogP contribution in [0.3, 0.4) is 0 Å². The Labute approximate surface area is 118 Å². The molecule has 1 heterocycles. The van der Waals surface area contributed by atoms with Crippen LogP contribution in [0.4, 0.5) is 5.69 Å². The molecule has 88 valence electrons. The van der Waals surface area contributed by atoms with Gasteiger partial charge in [-0.2, -0.15) is 0 Å². The topological polar surface area (TPSA) is 38.9 Å². The lowest BCUT2D eigenvalue weighted by Gasteiger charge is -2.11. The number of hydrogen-bond acceptors (Lipinski definition) is 2. The highest BCUT2D eigenvalue weighted by Gasteiger charge is 2.17. The Hall–Kier alpha value is -0.670. The average Bonchev–Trinajstić information content (AvgIpc) is 2.29. The molecule has 0 aliphatic carbocycles. The molecular weight excluding hydrogens is 302 g/mol. The van der Waals surface area contributed by atoms with E-state index in [0.29, 0.717) is 36.9 Å². The van der Waals surface area contributed by atoms with Crippen molar-refractivity contribution in [3.8, 4) is 11.1 Å². The fourth-order valence-electron chi connectivity index (χ4n) is 1.42. The van der Waals surface area contributed by atoms with E-state index in [-0.39, 0.29) is 0 Å². The zero-order chi connectivity index (χ0) is 12.6. The van der Waals surface area contributed by atoms with Gasteiger partial charge in [0.05, 0.1) is 20.1 Å². The van der Waals surface area contributed by atoms with Crippen LogP contribution in [-0.4, -0.2) is 4.98 Å². The molecule has 0 bridgehead atoms. The summed E-state index contributed by atoms with van der Waals surface area (Å²) in [7, 11) is 0. The summed E-state index contributed by atoms with van der Waals surface area (Å²) < 4.78 is 0. The summed E-state index contributed by atoms with van der Waals surface area (Å²) in [5, 5.41) is 1.25. The van der Waals surface area contributed by atoms with Gasteiger partial charge in [0.1, 0.15) is 0 Å². The molecule has 0 aliphatic rings. The quantitative estimate of drug-likeness (QED) is 0.757. The number of nitrogens with two attached hydrogens (primary N) is 1. The predicted molar refractivity (Wildman–Crippen MR) is 74.1 cm³/mol. The molecule has 0 aliphatic heterocycles. The van der Waals surface area contributed by atoms with Crippen LogP contribution < -0.4 is 5.73 Å². The molecule has 1 aromatic carbocycles. The monoisotopic (exact) mass is 306 g/mol. The van der Waals surface area contributed by atoms with Gasteiger partial charge in [-0.15, -0.1) is 0 Å². The van der Waals surface area contributed by atoms with Gasteiger partial charge in [-0.3, -0.25) is 4.98 Å². The van der Waals surface area contributed by atoms with E-state index in [0.717, 1.165) is 0 Å². The number of hydrogen-bond donors (Lipinski definition) is 1. The number of nitrogen functional groups attached to an aromatic ring is 1. The third kappa shape index (κ3) is 2.31. The molecule has 0 spiro atoms. The molecule has 1 aromatic heterocycles. The Morgan fingerprint density at radius 3 is 2.12 bits per heavy atom. The summed E-state index contributed by atoms with van der Waals surface area (Å²) in [6.07, 6.45) is 3.14. The Kier molecular flexibility index (Phi) is 3.69. The second-order valence-electron chi connectivity index (χ2n) is 3.31. The molecule has 2 nitrogen and oxygen atoms in total. The average molecular weight is 308 g/mol. The van der Waals surface area contributed by atoms with E-state index in [2.05, 4.69) is 4.98 Å². The Morgan fingerprint density at radius 2 is 1.59 bits per heavy atom. The molecule has 0 unspecified atom stereocenters. The fraction of sp³-hybridized carbons (Fsp3) is 0. The summed E-state index contributed by atoms with van der Waals surface area (Å²) >= 11 is 24.2. The molecule has 2 rings (SSSR count). The largest absolute Gasteiger partial charge is 0.398 e. The van der Waals surface area contributed by atoms with Crippen molar-refractivity contribution in [2.45, 2.75) is 0 Å². The summed E-state index contributed by atoms with van der Waals surface area (Å²) in [4.78, 5) is 3.98. The Morgan fingerprint density at radius 1 is 1.00 bits per heavy atom. The van der Waals surface area contributed by atoms with Crippen molar-refractivity contribution in [1.29, 1.82) is 0 Å². The first-order valence-electron chi connectivity index (χ1n) is 4.55. The molecule has 0 saturated heterocycles. The van der Waals surface area contributed by atoms with Gasteiger partial charge in [0, 0.05) is 29.2 Å². The van der Waals surface area contributed by atoms with Gasteiger partial charge in [-0.1, -0.05) is 46.4 Å². The maximum absolute atomic E-state index is 6.12. The van der Waals surface area contributed by atoms with Crippen LogP contribution in [0.15, 0.2) is 24.5 Å². The standard InChI is InChI=1S/C11H6Cl4N2/c12-6-3-7(13)11(15)9(10(6)14)5-4-17-2-1-8(5)16/h1-4H,(H2,16,17). The Balaban J connectivity index is 2.80. The van der Waals surface area contributed by atoms with Gasteiger partial charge in [0.2, 0.25) is 0 Å². The molecule has 6 heteroatoms. The van der Waals surface area contributed by atoms with Crippen molar-refractivity contribution in [3.63, 3.8) is 0 Å². The maximum Gasteiger partial charge on any atom is 0.0688 e. The highest BCUT2D eigenvalue weighted by atomic mass is 35.5. The second-order valence-corrected chi connectivity index (χ2v) is 4.88. The second kappa shape index (κ2) is 4.91. The minimum absolute atomic E-state index is 0.306. The summed E-state index contributed by atoms with van der Waals surface area (Å²) in [6.45, 7) is 0. The van der Waals surface area contributed by atoms with Crippen LogP contribution in [0.1, 0.15) is 0 Å². The summed E-state index contributed by atoms with van der Waals surface area (Å²) in [5.74, 6) is 0. The number of nitrogens with zero attached hydrogens (tertiary/aromatic N) is 1. The van der Waals surface area contributed by atoms with Crippen molar-refractivity contribution in [2.24, 2.45) is 0 Å². The first kappa shape index (κ1) is 12.8. The van der Waals surface area contributed by atoms with E-state index in [1.165, 1.54) is 6.07 Å². The van der Waals surface area contributed by atoms with E-state index in [1.807, 2.05) is 0 Å². The molecule has 2 N–H and O–H groups in total. The third-order valence-electron chi connectivity index (χ3n) is 2.24. The number of pyridine rings is 1. The third-order valence-corrected chi connectivity index (χ3v) is 3.81. The van der Waals surface area contributed by atoms with E-state index >= 15 is 0 Å². The number of aromatic nitrogens is 1. The van der Waals surface area contributed by atoms with Crippen LogP contribution in [0.5, 0.6) is 0 Å². The zero-order valence-electron chi connectivity index (χ0n) is 8.35. The fourth-order valence-corrected chi connectivity index (χ4v) is 2.44. The number of rotatable bonds is 1. The first-order valence-corrected chi connectivity index (χ1v) is 6.06. The summed E-state index contributed by atoms with van der Waals surface area (Å²) in [6, 6.07) is 3.14. The smallest absolute Gasteiger partial charge is 0.0688 e. The van der Waals surface area contributed by atoms with Gasteiger partial charge in [0.25, 0.3) is 0 Å². The van der Waals surface area contributed by atoms with Gasteiger partial charge < -0.3 is 5.73 Å². The van der Waals surface area contributed by atoms with Crippen molar-refractivity contribution in [3.05, 3.63) is 44.6 Å². The van der Waals surface area contributed by atoms with Gasteiger partial charge in [-0.05, 0) is 12.1 Å². The lowest BCUT2D eigenvalue weighted by molar-refractivity contribution is 1.33. The number of anilines is 1. The molecule has 0 saturated carbocycles. The Bertz CT molecular complexity index is 558. The van der Waals surface area contributed by atoms with Crippen molar-refractivity contribution in [1.82, 2.24) is 4.98 Å². The highest BCUT2D eigenvalue weighted by molar-refractivity contribution is 6.50. The first-order chi connectivity index (χ1) is 8.02. The summed E-state index contributed by atoms with van der Waals surface area (Å²) in [5.41, 5.74) is 7.45. The number of benzene rings is 1. The zero-order valence-corrected chi connectivity index (χ0v) is 11.4. The normalized spacial score (nSPS) is 10.6. The predicted octanol–water partition coefficient (Wildman–Crippen LogP) is 4.94.